The van der Waals surface area contributed by atoms with Gasteiger partial charge >= 0.3 is 0 Å². The molecule has 3 aromatic carbocycles. The highest BCUT2D eigenvalue weighted by Crippen LogP contribution is 2.44. The molecule has 0 saturated carbocycles. The Morgan fingerprint density at radius 2 is 1.71 bits per heavy atom. The Labute approximate surface area is 200 Å². The van der Waals surface area contributed by atoms with Gasteiger partial charge in [0.1, 0.15) is 23.1 Å². The lowest BCUT2D eigenvalue weighted by molar-refractivity contribution is -0.132. The van der Waals surface area contributed by atoms with Crippen molar-refractivity contribution in [2.45, 2.75) is 13.0 Å². The second-order valence-corrected chi connectivity index (χ2v) is 8.16. The van der Waals surface area contributed by atoms with Crippen LogP contribution in [-0.4, -0.2) is 31.0 Å². The fourth-order valence-electron chi connectivity index (χ4n) is 4.07. The molecule has 174 valence electrons. The van der Waals surface area contributed by atoms with E-state index in [-0.39, 0.29) is 33.3 Å². The molecule has 3 aromatic rings. The summed E-state index contributed by atoms with van der Waals surface area (Å²) in [4.78, 5) is 27.7. The van der Waals surface area contributed by atoms with Crippen molar-refractivity contribution in [3.63, 3.8) is 0 Å². The Morgan fingerprint density at radius 3 is 2.35 bits per heavy atom. The number of benzene rings is 3. The first-order valence-electron chi connectivity index (χ1n) is 10.3. The average molecular weight is 482 g/mol. The maximum Gasteiger partial charge on any atom is 0.300 e. The van der Waals surface area contributed by atoms with Crippen LogP contribution in [0.3, 0.4) is 0 Å². The number of rotatable bonds is 5. The van der Waals surface area contributed by atoms with E-state index in [4.69, 9.17) is 21.1 Å². The molecule has 0 aliphatic carbocycles. The zero-order valence-electron chi connectivity index (χ0n) is 18.6. The molecule has 1 aliphatic rings. The summed E-state index contributed by atoms with van der Waals surface area (Å²) in [6.45, 7) is 1.87. The van der Waals surface area contributed by atoms with E-state index >= 15 is 0 Å². The zero-order chi connectivity index (χ0) is 24.6. The normalized spacial score (nSPS) is 17.2. The van der Waals surface area contributed by atoms with E-state index in [1.807, 2.05) is 13.0 Å². The molecule has 6 nitrogen and oxygen atoms in total. The van der Waals surface area contributed by atoms with Gasteiger partial charge in [0.2, 0.25) is 0 Å². The number of carbonyl (C=O) groups is 2. The van der Waals surface area contributed by atoms with Gasteiger partial charge in [0.25, 0.3) is 11.7 Å². The number of halogens is 2. The van der Waals surface area contributed by atoms with Crippen LogP contribution in [0, 0.1) is 12.7 Å². The van der Waals surface area contributed by atoms with Crippen molar-refractivity contribution in [2.24, 2.45) is 0 Å². The van der Waals surface area contributed by atoms with E-state index in [0.29, 0.717) is 5.56 Å². The first-order chi connectivity index (χ1) is 16.3. The van der Waals surface area contributed by atoms with Crippen molar-refractivity contribution >= 4 is 34.7 Å². The lowest BCUT2D eigenvalue weighted by Gasteiger charge is -2.26. The molecule has 1 unspecified atom stereocenters. The predicted octanol–water partition coefficient (Wildman–Crippen LogP) is 5.43. The summed E-state index contributed by atoms with van der Waals surface area (Å²) in [5.74, 6) is -2.40. The minimum absolute atomic E-state index is 0.124. The third-order valence-corrected chi connectivity index (χ3v) is 5.91. The molecule has 1 fully saturated rings. The summed E-state index contributed by atoms with van der Waals surface area (Å²) < 4.78 is 24.7. The molecule has 8 heteroatoms. The number of hydrogen-bond donors (Lipinski definition) is 1. The molecule has 1 N–H and O–H groups in total. The summed E-state index contributed by atoms with van der Waals surface area (Å²) in [6, 6.07) is 14.4. The van der Waals surface area contributed by atoms with E-state index in [1.165, 1.54) is 55.5 Å². The third kappa shape index (κ3) is 3.99. The number of aliphatic hydroxyl groups excluding tert-OH is 1. The highest BCUT2D eigenvalue weighted by Gasteiger charge is 2.47. The van der Waals surface area contributed by atoms with Crippen molar-refractivity contribution in [1.29, 1.82) is 0 Å². The monoisotopic (exact) mass is 481 g/mol. The lowest BCUT2D eigenvalue weighted by atomic mass is 9.94. The van der Waals surface area contributed by atoms with Gasteiger partial charge in [-0.2, -0.15) is 0 Å². The summed E-state index contributed by atoms with van der Waals surface area (Å²) in [6.07, 6.45) is 0. The van der Waals surface area contributed by atoms with Gasteiger partial charge in [-0.05, 0) is 36.8 Å². The van der Waals surface area contributed by atoms with Gasteiger partial charge in [-0.15, -0.1) is 0 Å². The first-order valence-corrected chi connectivity index (χ1v) is 10.7. The number of ketones is 1. The van der Waals surface area contributed by atoms with Crippen LogP contribution in [-0.2, 0) is 9.59 Å². The van der Waals surface area contributed by atoms with Crippen LogP contribution >= 0.6 is 11.6 Å². The summed E-state index contributed by atoms with van der Waals surface area (Å²) in [7, 11) is 2.80. The second-order valence-electron chi connectivity index (χ2n) is 7.75. The first kappa shape index (κ1) is 23.3. The summed E-state index contributed by atoms with van der Waals surface area (Å²) in [5, 5.41) is 11.6. The number of nitrogens with zero attached hydrogens (tertiary/aromatic N) is 1. The predicted molar refractivity (Wildman–Crippen MR) is 127 cm³/mol. The topological polar surface area (TPSA) is 76.1 Å². The number of aliphatic hydroxyl groups is 1. The molecular formula is C26H21ClFNO5. The van der Waals surface area contributed by atoms with E-state index < -0.39 is 29.3 Å². The Morgan fingerprint density at radius 1 is 1.00 bits per heavy atom. The van der Waals surface area contributed by atoms with Crippen molar-refractivity contribution in [3.05, 3.63) is 93.8 Å². The van der Waals surface area contributed by atoms with Crippen LogP contribution in [0.5, 0.6) is 11.5 Å². The largest absolute Gasteiger partial charge is 0.507 e. The summed E-state index contributed by atoms with van der Waals surface area (Å²) >= 11 is 6.19. The van der Waals surface area contributed by atoms with E-state index in [9.17, 15) is 19.1 Å². The lowest BCUT2D eigenvalue weighted by Crippen LogP contribution is -2.29. The van der Waals surface area contributed by atoms with Crippen LogP contribution in [0.4, 0.5) is 10.1 Å². The highest BCUT2D eigenvalue weighted by atomic mass is 35.5. The SMILES string of the molecule is COc1cc(/C(O)=C2\C(=O)C(=O)N(c3cccc(F)c3)C2c2cccc(C)c2)c(OC)cc1Cl. The Kier molecular flexibility index (Phi) is 6.30. The van der Waals surface area contributed by atoms with E-state index in [1.54, 1.807) is 18.2 Å². The zero-order valence-corrected chi connectivity index (χ0v) is 19.4. The van der Waals surface area contributed by atoms with Gasteiger partial charge in [-0.1, -0.05) is 47.5 Å². The van der Waals surface area contributed by atoms with Crippen LogP contribution < -0.4 is 14.4 Å². The maximum absolute atomic E-state index is 14.1. The summed E-state index contributed by atoms with van der Waals surface area (Å²) in [5.41, 5.74) is 1.60. The number of amides is 1. The van der Waals surface area contributed by atoms with Crippen molar-refractivity contribution < 1.29 is 28.6 Å². The smallest absolute Gasteiger partial charge is 0.300 e. The standard InChI is InChI=1S/C26H21ClFNO5/c1-14-6-4-7-15(10-14)23-22(24(30)18-12-21(34-3)19(27)13-20(18)33-2)25(31)26(32)29(23)17-9-5-8-16(28)11-17/h4-13,23,30H,1-3H3/b24-22+. The second kappa shape index (κ2) is 9.19. The molecule has 1 amide bonds. The number of methoxy groups -OCH3 is 2. The molecule has 1 atom stereocenters. The minimum atomic E-state index is -1.01. The van der Waals surface area contributed by atoms with Crippen LogP contribution in [0.15, 0.2) is 66.2 Å². The van der Waals surface area contributed by atoms with Crippen molar-refractivity contribution in [1.82, 2.24) is 0 Å². The van der Waals surface area contributed by atoms with Gasteiger partial charge in [0.15, 0.2) is 0 Å². The molecule has 1 saturated heterocycles. The molecule has 0 spiro atoms. The van der Waals surface area contributed by atoms with Crippen LogP contribution in [0.1, 0.15) is 22.7 Å². The third-order valence-electron chi connectivity index (χ3n) is 5.62. The van der Waals surface area contributed by atoms with Gasteiger partial charge in [-0.3, -0.25) is 14.5 Å². The van der Waals surface area contributed by atoms with Crippen molar-refractivity contribution in [3.8, 4) is 11.5 Å². The number of aryl methyl sites for hydroxylation is 1. The quantitative estimate of drug-likeness (QED) is 0.299. The molecule has 0 aromatic heterocycles. The molecule has 1 aliphatic heterocycles. The van der Waals surface area contributed by atoms with Gasteiger partial charge in [-0.25, -0.2) is 4.39 Å². The Hall–Kier alpha value is -3.84. The van der Waals surface area contributed by atoms with Gasteiger partial charge in [0, 0.05) is 11.8 Å². The molecule has 0 bridgehead atoms. The molecule has 1 heterocycles. The van der Waals surface area contributed by atoms with Gasteiger partial charge < -0.3 is 14.6 Å². The molecule has 0 radical (unpaired) electrons. The van der Waals surface area contributed by atoms with Crippen molar-refractivity contribution in [2.75, 3.05) is 19.1 Å². The number of hydrogen-bond acceptors (Lipinski definition) is 5. The number of carbonyl (C=O) groups excluding carboxylic acids is 2. The van der Waals surface area contributed by atoms with Crippen LogP contribution in [0.2, 0.25) is 5.02 Å². The number of ether oxygens (including phenoxy) is 2. The number of anilines is 1. The minimum Gasteiger partial charge on any atom is -0.507 e. The molecular weight excluding hydrogens is 461 g/mol. The Bertz CT molecular complexity index is 1340. The fourth-order valence-corrected chi connectivity index (χ4v) is 4.30. The maximum atomic E-state index is 14.1. The number of Topliss-reactive ketones (excluding diaryl/α,β-unsaturated/α-hetero) is 1. The highest BCUT2D eigenvalue weighted by molar-refractivity contribution is 6.51. The molecule has 34 heavy (non-hydrogen) atoms. The van der Waals surface area contributed by atoms with E-state index in [0.717, 1.165) is 5.56 Å². The fraction of sp³-hybridized carbons (Fsp3) is 0.154. The van der Waals surface area contributed by atoms with E-state index in [2.05, 4.69) is 0 Å². The average Bonchev–Trinajstić information content (AvgIpc) is 3.09. The van der Waals surface area contributed by atoms with Crippen LogP contribution in [0.25, 0.3) is 5.76 Å². The van der Waals surface area contributed by atoms with Gasteiger partial charge in [0.05, 0.1) is 36.4 Å². The molecule has 4 rings (SSSR count). The Balaban J connectivity index is 2.01.